The van der Waals surface area contributed by atoms with Crippen molar-refractivity contribution in [2.24, 2.45) is 0 Å². The van der Waals surface area contributed by atoms with Crippen LogP contribution in [-0.2, 0) is 10.1 Å². The molecule has 2 heterocycles. The quantitative estimate of drug-likeness (QED) is 0.438. The van der Waals surface area contributed by atoms with Gasteiger partial charge >= 0.3 is 15.6 Å². The molecule has 8 nitrogen and oxygen atoms in total. The van der Waals surface area contributed by atoms with Gasteiger partial charge in [0.15, 0.2) is 5.15 Å². The monoisotopic (exact) mass is 455 g/mol. The Morgan fingerprint density at radius 1 is 1.18 bits per heavy atom. The maximum absolute atomic E-state index is 12.4. The normalized spacial score (nSPS) is 12.2. The summed E-state index contributed by atoms with van der Waals surface area (Å²) in [5.74, 6) is -1.31. The highest BCUT2D eigenvalue weighted by atomic mass is 35.5. The molecule has 3 rings (SSSR count). The average Bonchev–Trinajstić information content (AvgIpc) is 3.01. The molecular formula is C14H6Cl2F3N3O5S. The summed E-state index contributed by atoms with van der Waals surface area (Å²) in [6.07, 6.45) is 1.79. The van der Waals surface area contributed by atoms with Crippen molar-refractivity contribution >= 4 is 33.3 Å². The third-order valence-corrected chi connectivity index (χ3v) is 4.59. The van der Waals surface area contributed by atoms with Crippen LogP contribution in [0.5, 0.6) is 5.75 Å². The summed E-state index contributed by atoms with van der Waals surface area (Å²) in [5.41, 5.74) is -6.35. The second kappa shape index (κ2) is 7.11. The van der Waals surface area contributed by atoms with E-state index in [0.29, 0.717) is 12.0 Å². The third kappa shape index (κ3) is 3.98. The van der Waals surface area contributed by atoms with Gasteiger partial charge in [-0.3, -0.25) is 4.79 Å². The van der Waals surface area contributed by atoms with Crippen LogP contribution < -0.4 is 9.61 Å². The Labute approximate surface area is 164 Å². The number of alkyl halides is 3. The highest BCUT2D eigenvalue weighted by Crippen LogP contribution is 2.31. The zero-order valence-corrected chi connectivity index (χ0v) is 15.5. The summed E-state index contributed by atoms with van der Waals surface area (Å²) in [7, 11) is -6.02. The molecule has 0 spiro atoms. The zero-order chi connectivity index (χ0) is 20.7. The van der Waals surface area contributed by atoms with Crippen molar-refractivity contribution in [1.29, 1.82) is 0 Å². The predicted molar refractivity (Wildman–Crippen MR) is 91.0 cm³/mol. The minimum Gasteiger partial charge on any atom is -0.460 e. The minimum atomic E-state index is -6.02. The molecule has 14 heteroatoms. The summed E-state index contributed by atoms with van der Waals surface area (Å²) in [4.78, 5) is 12.0. The van der Waals surface area contributed by atoms with Gasteiger partial charge in [-0.1, -0.05) is 28.4 Å². The number of halogens is 5. The fourth-order valence-electron chi connectivity index (χ4n) is 2.03. The largest absolute Gasteiger partial charge is 0.534 e. The molecule has 0 saturated heterocycles. The lowest BCUT2D eigenvalue weighted by Gasteiger charge is -2.10. The van der Waals surface area contributed by atoms with E-state index in [1.807, 2.05) is 0 Å². The lowest BCUT2D eigenvalue weighted by atomic mass is 10.1. The summed E-state index contributed by atoms with van der Waals surface area (Å²) in [6, 6.07) is 5.13. The van der Waals surface area contributed by atoms with Crippen LogP contribution in [0.15, 0.2) is 45.9 Å². The molecule has 0 amide bonds. The van der Waals surface area contributed by atoms with Gasteiger partial charge in [0.05, 0.1) is 11.9 Å². The number of aromatic nitrogens is 3. The highest BCUT2D eigenvalue weighted by Gasteiger charge is 2.49. The Hall–Kier alpha value is -2.57. The molecule has 0 radical (unpaired) electrons. The highest BCUT2D eigenvalue weighted by molar-refractivity contribution is 7.88. The van der Waals surface area contributed by atoms with Gasteiger partial charge in [0, 0.05) is 16.7 Å². The predicted octanol–water partition coefficient (Wildman–Crippen LogP) is 3.42. The lowest BCUT2D eigenvalue weighted by molar-refractivity contribution is -0.0500. The van der Waals surface area contributed by atoms with Crippen molar-refractivity contribution in [3.8, 4) is 22.8 Å². The first-order valence-corrected chi connectivity index (χ1v) is 9.16. The van der Waals surface area contributed by atoms with Crippen LogP contribution in [-0.4, -0.2) is 28.9 Å². The van der Waals surface area contributed by atoms with E-state index in [9.17, 15) is 26.4 Å². The zero-order valence-electron chi connectivity index (χ0n) is 13.1. The van der Waals surface area contributed by atoms with Crippen molar-refractivity contribution in [3.05, 3.63) is 57.1 Å². The molecule has 28 heavy (non-hydrogen) atoms. The summed E-state index contributed by atoms with van der Waals surface area (Å²) < 4.78 is 69.4. The van der Waals surface area contributed by atoms with Crippen LogP contribution in [0.2, 0.25) is 10.2 Å². The van der Waals surface area contributed by atoms with Crippen LogP contribution in [0.1, 0.15) is 0 Å². The average molecular weight is 456 g/mol. The van der Waals surface area contributed by atoms with Crippen molar-refractivity contribution < 1.29 is 30.2 Å². The number of rotatable bonds is 4. The smallest absolute Gasteiger partial charge is 0.460 e. The van der Waals surface area contributed by atoms with E-state index in [-0.39, 0.29) is 21.5 Å². The first kappa shape index (κ1) is 20.2. The molecule has 1 aromatic carbocycles. The Morgan fingerprint density at radius 2 is 1.89 bits per heavy atom. The Bertz CT molecular complexity index is 1210. The van der Waals surface area contributed by atoms with Gasteiger partial charge in [-0.2, -0.15) is 21.6 Å². The fraction of sp³-hybridized carbons (Fsp3) is 0.0714. The molecule has 0 atom stereocenters. The van der Waals surface area contributed by atoms with Crippen LogP contribution in [0.4, 0.5) is 13.2 Å². The van der Waals surface area contributed by atoms with E-state index in [2.05, 4.69) is 14.5 Å². The molecule has 3 aromatic rings. The van der Waals surface area contributed by atoms with Crippen LogP contribution in [0.3, 0.4) is 0 Å². The van der Waals surface area contributed by atoms with E-state index in [1.165, 1.54) is 29.1 Å². The molecular weight excluding hydrogens is 450 g/mol. The molecule has 0 saturated carbocycles. The Balaban J connectivity index is 2.06. The number of nitrogens with zero attached hydrogens (tertiary/aromatic N) is 3. The van der Waals surface area contributed by atoms with E-state index >= 15 is 0 Å². The van der Waals surface area contributed by atoms with Gasteiger partial charge in [-0.25, -0.2) is 4.68 Å². The van der Waals surface area contributed by atoms with Gasteiger partial charge in [0.1, 0.15) is 12.0 Å². The summed E-state index contributed by atoms with van der Waals surface area (Å²) in [5, 5.41) is 7.68. The molecule has 0 aliphatic carbocycles. The van der Waals surface area contributed by atoms with Gasteiger partial charge in [0.2, 0.25) is 11.2 Å². The lowest BCUT2D eigenvalue weighted by Crippen LogP contribution is -2.29. The van der Waals surface area contributed by atoms with Crippen LogP contribution >= 0.6 is 23.2 Å². The second-order valence-corrected chi connectivity index (χ2v) is 7.46. The molecule has 0 aliphatic heterocycles. The summed E-state index contributed by atoms with van der Waals surface area (Å²) >= 11 is 11.7. The second-order valence-electron chi connectivity index (χ2n) is 5.10. The fourth-order valence-corrected chi connectivity index (χ4v) is 2.78. The molecule has 0 N–H and O–H groups in total. The molecule has 0 bridgehead atoms. The third-order valence-electron chi connectivity index (χ3n) is 3.22. The number of benzene rings is 1. The minimum absolute atomic E-state index is 0.0726. The van der Waals surface area contributed by atoms with E-state index in [4.69, 9.17) is 27.6 Å². The Morgan fingerprint density at radius 3 is 2.46 bits per heavy atom. The maximum atomic E-state index is 12.4. The van der Waals surface area contributed by atoms with Crippen molar-refractivity contribution in [3.63, 3.8) is 0 Å². The first-order valence-electron chi connectivity index (χ1n) is 7.00. The molecule has 0 fully saturated rings. The van der Waals surface area contributed by atoms with Crippen LogP contribution in [0.25, 0.3) is 17.0 Å². The molecule has 2 aromatic heterocycles. The van der Waals surface area contributed by atoms with Gasteiger partial charge < -0.3 is 8.60 Å². The van der Waals surface area contributed by atoms with Gasteiger partial charge in [0.25, 0.3) is 0 Å². The topological polar surface area (TPSA) is 104 Å². The van der Waals surface area contributed by atoms with E-state index in [0.717, 1.165) is 6.07 Å². The van der Waals surface area contributed by atoms with Gasteiger partial charge in [-0.15, -0.1) is 5.10 Å². The molecule has 0 aliphatic rings. The van der Waals surface area contributed by atoms with Crippen molar-refractivity contribution in [2.45, 2.75) is 5.51 Å². The number of hydrogen-bond donors (Lipinski definition) is 0. The van der Waals surface area contributed by atoms with E-state index in [1.54, 1.807) is 0 Å². The van der Waals surface area contributed by atoms with E-state index < -0.39 is 26.8 Å². The molecule has 0 unspecified atom stereocenters. The van der Waals surface area contributed by atoms with Gasteiger partial charge in [-0.05, 0) is 18.2 Å². The summed E-state index contributed by atoms with van der Waals surface area (Å²) in [6.45, 7) is 0. The SMILES string of the molecule is O=c1cc(-c2cc(Cl)ccc2-n2cc(Cl)nn2)occ1OS(=O)(=O)C(F)(F)F. The Kier molecular flexibility index (Phi) is 5.12. The maximum Gasteiger partial charge on any atom is 0.534 e. The standard InChI is InChI=1S/C14H6Cl2F3N3O5S/c15-7-1-2-9(22-5-13(16)20-21-22)8(3-7)11-4-10(23)12(6-26-11)27-28(24,25)14(17,18)19/h1-6H. The van der Waals surface area contributed by atoms with Crippen molar-refractivity contribution in [2.75, 3.05) is 0 Å². The first-order chi connectivity index (χ1) is 13.0. The number of hydrogen-bond acceptors (Lipinski definition) is 7. The van der Waals surface area contributed by atoms with Crippen LogP contribution in [0, 0.1) is 0 Å². The van der Waals surface area contributed by atoms with Crippen molar-refractivity contribution in [1.82, 2.24) is 15.0 Å². The molecule has 148 valence electrons.